The monoisotopic (exact) mass is 700 g/mol. The quantitative estimate of drug-likeness (QED) is 0.179. The van der Waals surface area contributed by atoms with Crippen molar-refractivity contribution < 1.29 is 4.42 Å². The average Bonchev–Trinajstić information content (AvgIpc) is 3.91. The van der Waals surface area contributed by atoms with E-state index < -0.39 is 0 Å². The molecule has 0 aliphatic heterocycles. The minimum Gasteiger partial charge on any atom is -0.456 e. The van der Waals surface area contributed by atoms with Crippen LogP contribution in [0.4, 0.5) is 0 Å². The number of nitrogens with zero attached hydrogens (tertiary/aromatic N) is 2. The summed E-state index contributed by atoms with van der Waals surface area (Å²) < 4.78 is 11.0. The Labute approximate surface area is 316 Å². The van der Waals surface area contributed by atoms with Crippen molar-refractivity contribution in [1.29, 1.82) is 0 Å². The predicted molar refractivity (Wildman–Crippen MR) is 231 cm³/mol. The van der Waals surface area contributed by atoms with Gasteiger partial charge in [0.25, 0.3) is 0 Å². The molecule has 0 amide bonds. The highest BCUT2D eigenvalue weighted by Crippen LogP contribution is 2.41. The number of hydrogen-bond donors (Lipinski definition) is 0. The molecule has 12 rings (SSSR count). The van der Waals surface area contributed by atoms with Crippen LogP contribution in [0.2, 0.25) is 0 Å². The molecule has 0 radical (unpaired) electrons. The highest BCUT2D eigenvalue weighted by molar-refractivity contribution is 6.19. The standard InChI is InChI=1S/C52H32N2O/c1-2-11-38(12-3-1)53-47-16-8-6-14-41(47)45-30-35(22-28-48(45)53)36-23-29-49-46(31-36)44-27-20-34-10-4-5-13-40(34)52(44)54(49)39-24-18-33(19-25-39)37-21-26-43-42-15-7-9-17-50(42)55-51(43)32-37/h1-32H. The van der Waals surface area contributed by atoms with Gasteiger partial charge in [-0.2, -0.15) is 0 Å². The van der Waals surface area contributed by atoms with E-state index in [4.69, 9.17) is 4.42 Å². The third kappa shape index (κ3) is 4.50. The Balaban J connectivity index is 1.02. The molecule has 0 saturated heterocycles. The first-order valence-corrected chi connectivity index (χ1v) is 18.8. The van der Waals surface area contributed by atoms with Crippen molar-refractivity contribution in [3.05, 3.63) is 194 Å². The summed E-state index contributed by atoms with van der Waals surface area (Å²) in [6.07, 6.45) is 0. The summed E-state index contributed by atoms with van der Waals surface area (Å²) in [6, 6.07) is 70.3. The molecule has 0 atom stereocenters. The lowest BCUT2D eigenvalue weighted by molar-refractivity contribution is 0.669. The van der Waals surface area contributed by atoms with Crippen LogP contribution in [0.5, 0.6) is 0 Å². The zero-order valence-electron chi connectivity index (χ0n) is 29.8. The number of rotatable bonds is 4. The fourth-order valence-corrected chi connectivity index (χ4v) is 8.94. The van der Waals surface area contributed by atoms with Gasteiger partial charge in [0, 0.05) is 49.1 Å². The summed E-state index contributed by atoms with van der Waals surface area (Å²) in [5, 5.41) is 9.77. The van der Waals surface area contributed by atoms with Crippen LogP contribution >= 0.6 is 0 Å². The first-order chi connectivity index (χ1) is 27.3. The van der Waals surface area contributed by atoms with Gasteiger partial charge in [-0.25, -0.2) is 0 Å². The lowest BCUT2D eigenvalue weighted by Crippen LogP contribution is -1.94. The van der Waals surface area contributed by atoms with E-state index in [0.717, 1.165) is 38.8 Å². The maximum absolute atomic E-state index is 6.23. The molecule has 256 valence electrons. The van der Waals surface area contributed by atoms with Gasteiger partial charge in [-0.1, -0.05) is 121 Å². The molecule has 0 fully saturated rings. The molecule has 9 aromatic carbocycles. The molecule has 0 aliphatic carbocycles. The van der Waals surface area contributed by atoms with E-state index in [1.165, 1.54) is 71.2 Å². The molecule has 0 N–H and O–H groups in total. The Bertz CT molecular complexity index is 3470. The first-order valence-electron chi connectivity index (χ1n) is 18.8. The van der Waals surface area contributed by atoms with Crippen LogP contribution in [-0.4, -0.2) is 9.13 Å². The smallest absolute Gasteiger partial charge is 0.136 e. The largest absolute Gasteiger partial charge is 0.456 e. The summed E-state index contributed by atoms with van der Waals surface area (Å²) in [5.41, 5.74) is 13.7. The highest BCUT2D eigenvalue weighted by Gasteiger charge is 2.18. The second kappa shape index (κ2) is 11.6. The zero-order chi connectivity index (χ0) is 36.0. The van der Waals surface area contributed by atoms with Crippen LogP contribution < -0.4 is 0 Å². The highest BCUT2D eigenvalue weighted by atomic mass is 16.3. The SMILES string of the molecule is c1ccc(-n2c3ccccc3c3cc(-c4ccc5c(c4)c4ccc6ccccc6c4n5-c4ccc(-c5ccc6c(c5)oc5ccccc56)cc4)ccc32)cc1. The molecule has 0 bridgehead atoms. The van der Waals surface area contributed by atoms with Crippen molar-refractivity contribution in [1.82, 2.24) is 9.13 Å². The van der Waals surface area contributed by atoms with Crippen LogP contribution in [0.15, 0.2) is 199 Å². The van der Waals surface area contributed by atoms with Crippen molar-refractivity contribution in [3.63, 3.8) is 0 Å². The van der Waals surface area contributed by atoms with Crippen LogP contribution in [0.3, 0.4) is 0 Å². The van der Waals surface area contributed by atoms with Gasteiger partial charge in [-0.3, -0.25) is 0 Å². The van der Waals surface area contributed by atoms with Crippen molar-refractivity contribution in [3.8, 4) is 33.6 Å². The third-order valence-corrected chi connectivity index (χ3v) is 11.5. The predicted octanol–water partition coefficient (Wildman–Crippen LogP) is 14.3. The van der Waals surface area contributed by atoms with Crippen molar-refractivity contribution >= 4 is 76.3 Å². The van der Waals surface area contributed by atoms with Gasteiger partial charge in [-0.15, -0.1) is 0 Å². The summed E-state index contributed by atoms with van der Waals surface area (Å²) >= 11 is 0. The zero-order valence-corrected chi connectivity index (χ0v) is 29.8. The lowest BCUT2D eigenvalue weighted by atomic mass is 10.00. The number of furan rings is 1. The Morgan fingerprint density at radius 1 is 0.291 bits per heavy atom. The third-order valence-electron chi connectivity index (χ3n) is 11.5. The Hall–Kier alpha value is -7.36. The number of fused-ring (bicyclic) bond motifs is 11. The summed E-state index contributed by atoms with van der Waals surface area (Å²) in [4.78, 5) is 0. The van der Waals surface area contributed by atoms with Gasteiger partial charge >= 0.3 is 0 Å². The maximum Gasteiger partial charge on any atom is 0.136 e. The summed E-state index contributed by atoms with van der Waals surface area (Å²) in [7, 11) is 0. The fraction of sp³-hybridized carbons (Fsp3) is 0. The van der Waals surface area contributed by atoms with Gasteiger partial charge in [0.1, 0.15) is 11.2 Å². The normalized spacial score (nSPS) is 12.0. The first kappa shape index (κ1) is 30.1. The van der Waals surface area contributed by atoms with Gasteiger partial charge < -0.3 is 13.6 Å². The topological polar surface area (TPSA) is 23.0 Å². The minimum absolute atomic E-state index is 0.911. The van der Waals surface area contributed by atoms with Crippen molar-refractivity contribution in [2.45, 2.75) is 0 Å². The molecule has 0 unspecified atom stereocenters. The van der Waals surface area contributed by atoms with E-state index in [2.05, 4.69) is 191 Å². The number of hydrogen-bond acceptors (Lipinski definition) is 1. The number of para-hydroxylation sites is 3. The molecule has 0 spiro atoms. The van der Waals surface area contributed by atoms with Gasteiger partial charge in [-0.05, 0) is 100 Å². The molecule has 3 aromatic heterocycles. The number of benzene rings is 9. The fourth-order valence-electron chi connectivity index (χ4n) is 8.94. The molecule has 0 saturated carbocycles. The van der Waals surface area contributed by atoms with E-state index in [9.17, 15) is 0 Å². The lowest BCUT2D eigenvalue weighted by Gasteiger charge is -2.11. The Morgan fingerprint density at radius 3 is 1.65 bits per heavy atom. The van der Waals surface area contributed by atoms with E-state index in [-0.39, 0.29) is 0 Å². The summed E-state index contributed by atoms with van der Waals surface area (Å²) in [6.45, 7) is 0. The van der Waals surface area contributed by atoms with Gasteiger partial charge in [0.15, 0.2) is 0 Å². The molecular weight excluding hydrogens is 669 g/mol. The number of aromatic nitrogens is 2. The van der Waals surface area contributed by atoms with Crippen molar-refractivity contribution in [2.24, 2.45) is 0 Å². The van der Waals surface area contributed by atoms with Crippen LogP contribution in [0.25, 0.3) is 110 Å². The average molecular weight is 701 g/mol. The van der Waals surface area contributed by atoms with Gasteiger partial charge in [0.05, 0.1) is 22.1 Å². The molecule has 3 heteroatoms. The van der Waals surface area contributed by atoms with E-state index in [1.54, 1.807) is 0 Å². The van der Waals surface area contributed by atoms with Crippen LogP contribution in [0, 0.1) is 0 Å². The summed E-state index contributed by atoms with van der Waals surface area (Å²) in [5.74, 6) is 0. The van der Waals surface area contributed by atoms with Crippen LogP contribution in [0.1, 0.15) is 0 Å². The molecular formula is C52H32N2O. The van der Waals surface area contributed by atoms with E-state index in [0.29, 0.717) is 0 Å². The second-order valence-electron chi connectivity index (χ2n) is 14.5. The molecule has 0 aliphatic rings. The van der Waals surface area contributed by atoms with E-state index in [1.807, 2.05) is 12.1 Å². The molecule has 55 heavy (non-hydrogen) atoms. The van der Waals surface area contributed by atoms with E-state index >= 15 is 0 Å². The minimum atomic E-state index is 0.911. The molecule has 3 heterocycles. The van der Waals surface area contributed by atoms with Gasteiger partial charge in [0.2, 0.25) is 0 Å². The van der Waals surface area contributed by atoms with Crippen LogP contribution in [-0.2, 0) is 0 Å². The molecule has 3 nitrogen and oxygen atoms in total. The molecule has 12 aromatic rings. The Kier molecular flexibility index (Phi) is 6.34. The second-order valence-corrected chi connectivity index (χ2v) is 14.5. The van der Waals surface area contributed by atoms with Crippen molar-refractivity contribution in [2.75, 3.05) is 0 Å². The maximum atomic E-state index is 6.23. The Morgan fingerprint density at radius 2 is 0.836 bits per heavy atom.